The largest absolute Gasteiger partial charge is 0.294 e. The molecule has 0 aliphatic carbocycles. The predicted octanol–water partition coefficient (Wildman–Crippen LogP) is 4.10. The van der Waals surface area contributed by atoms with Crippen LogP contribution in [0.15, 0.2) is 58.7 Å². The summed E-state index contributed by atoms with van der Waals surface area (Å²) in [5, 5.41) is 1.20. The fourth-order valence-corrected chi connectivity index (χ4v) is 2.93. The van der Waals surface area contributed by atoms with Gasteiger partial charge in [0.15, 0.2) is 0 Å². The molecule has 0 fully saturated rings. The Balaban J connectivity index is 2.03. The standard InChI is InChI=1S/C15H14N2S/c1-11-3-5-13(6-4-11)18-15-10-12(2)9-14-16-7-8-17(14)15/h3-10H,1-2H3. The summed E-state index contributed by atoms with van der Waals surface area (Å²) in [6.45, 7) is 4.21. The molecule has 1 aromatic carbocycles. The number of aromatic nitrogens is 2. The zero-order valence-corrected chi connectivity index (χ0v) is 11.2. The van der Waals surface area contributed by atoms with Crippen LogP contribution in [0.3, 0.4) is 0 Å². The van der Waals surface area contributed by atoms with E-state index in [4.69, 9.17) is 0 Å². The normalized spacial score (nSPS) is 11.0. The van der Waals surface area contributed by atoms with E-state index in [1.807, 2.05) is 12.4 Å². The van der Waals surface area contributed by atoms with Gasteiger partial charge in [0.25, 0.3) is 0 Å². The Labute approximate surface area is 111 Å². The maximum Gasteiger partial charge on any atom is 0.137 e. The van der Waals surface area contributed by atoms with Crippen LogP contribution in [0.5, 0.6) is 0 Å². The van der Waals surface area contributed by atoms with Crippen LogP contribution in [0, 0.1) is 13.8 Å². The van der Waals surface area contributed by atoms with Crippen LogP contribution >= 0.6 is 11.8 Å². The molecule has 18 heavy (non-hydrogen) atoms. The first-order chi connectivity index (χ1) is 8.72. The van der Waals surface area contributed by atoms with E-state index in [1.165, 1.54) is 21.0 Å². The van der Waals surface area contributed by atoms with Crippen LogP contribution in [-0.2, 0) is 0 Å². The third-order valence-electron chi connectivity index (χ3n) is 2.86. The van der Waals surface area contributed by atoms with Crippen molar-refractivity contribution in [3.63, 3.8) is 0 Å². The fourth-order valence-electron chi connectivity index (χ4n) is 1.92. The maximum absolute atomic E-state index is 4.35. The van der Waals surface area contributed by atoms with E-state index < -0.39 is 0 Å². The van der Waals surface area contributed by atoms with Gasteiger partial charge in [0.2, 0.25) is 0 Å². The van der Waals surface area contributed by atoms with E-state index in [-0.39, 0.29) is 0 Å². The zero-order chi connectivity index (χ0) is 12.5. The van der Waals surface area contributed by atoms with Gasteiger partial charge in [-0.2, -0.15) is 0 Å². The van der Waals surface area contributed by atoms with Gasteiger partial charge in [-0.1, -0.05) is 29.5 Å². The number of rotatable bonds is 2. The summed E-state index contributed by atoms with van der Waals surface area (Å²) in [6.07, 6.45) is 3.85. The molecular formula is C15H14N2S. The zero-order valence-electron chi connectivity index (χ0n) is 10.4. The number of fused-ring (bicyclic) bond motifs is 1. The molecule has 3 aromatic rings. The molecule has 90 valence electrons. The van der Waals surface area contributed by atoms with E-state index in [0.717, 1.165) is 5.65 Å². The number of aryl methyl sites for hydroxylation is 2. The van der Waals surface area contributed by atoms with Gasteiger partial charge in [-0.05, 0) is 43.7 Å². The lowest BCUT2D eigenvalue weighted by atomic mass is 10.2. The molecule has 2 aromatic heterocycles. The summed E-state index contributed by atoms with van der Waals surface area (Å²) in [5.74, 6) is 0. The lowest BCUT2D eigenvalue weighted by Crippen LogP contribution is -1.90. The van der Waals surface area contributed by atoms with Crippen LogP contribution < -0.4 is 0 Å². The minimum absolute atomic E-state index is 1.00. The smallest absolute Gasteiger partial charge is 0.137 e. The fraction of sp³-hybridized carbons (Fsp3) is 0.133. The van der Waals surface area contributed by atoms with Crippen molar-refractivity contribution >= 4 is 17.4 Å². The number of pyridine rings is 1. The minimum Gasteiger partial charge on any atom is -0.294 e. The van der Waals surface area contributed by atoms with E-state index in [2.05, 4.69) is 59.6 Å². The average molecular weight is 254 g/mol. The first kappa shape index (κ1) is 11.4. The van der Waals surface area contributed by atoms with Crippen LogP contribution in [0.25, 0.3) is 5.65 Å². The highest BCUT2D eigenvalue weighted by Gasteiger charge is 2.04. The average Bonchev–Trinajstić information content (AvgIpc) is 2.80. The number of hydrogen-bond donors (Lipinski definition) is 0. The quantitative estimate of drug-likeness (QED) is 0.685. The molecule has 2 nitrogen and oxygen atoms in total. The molecule has 0 saturated carbocycles. The van der Waals surface area contributed by atoms with Crippen molar-refractivity contribution in [2.24, 2.45) is 0 Å². The Morgan fingerprint density at radius 3 is 2.56 bits per heavy atom. The Bertz CT molecular complexity index is 683. The second-order valence-corrected chi connectivity index (χ2v) is 5.54. The summed E-state index contributed by atoms with van der Waals surface area (Å²) < 4.78 is 2.12. The second-order valence-electron chi connectivity index (χ2n) is 4.44. The van der Waals surface area contributed by atoms with Gasteiger partial charge >= 0.3 is 0 Å². The van der Waals surface area contributed by atoms with Crippen molar-refractivity contribution in [1.82, 2.24) is 9.38 Å². The first-order valence-electron chi connectivity index (χ1n) is 5.90. The third kappa shape index (κ3) is 2.14. The third-order valence-corrected chi connectivity index (χ3v) is 3.89. The Morgan fingerprint density at radius 1 is 1.00 bits per heavy atom. The molecule has 3 heteroatoms. The highest BCUT2D eigenvalue weighted by molar-refractivity contribution is 7.99. The molecule has 2 heterocycles. The van der Waals surface area contributed by atoms with E-state index >= 15 is 0 Å². The monoisotopic (exact) mass is 254 g/mol. The van der Waals surface area contributed by atoms with E-state index in [0.29, 0.717) is 0 Å². The molecule has 0 bridgehead atoms. The molecule has 0 spiro atoms. The van der Waals surface area contributed by atoms with Crippen molar-refractivity contribution < 1.29 is 0 Å². The molecule has 0 saturated heterocycles. The van der Waals surface area contributed by atoms with Crippen molar-refractivity contribution in [2.45, 2.75) is 23.8 Å². The molecule has 0 aliphatic heterocycles. The molecule has 0 N–H and O–H groups in total. The summed E-state index contributed by atoms with van der Waals surface area (Å²) in [6, 6.07) is 12.9. The van der Waals surface area contributed by atoms with Crippen molar-refractivity contribution in [1.29, 1.82) is 0 Å². The number of benzene rings is 1. The maximum atomic E-state index is 4.35. The van der Waals surface area contributed by atoms with Gasteiger partial charge in [0, 0.05) is 17.3 Å². The summed E-state index contributed by atoms with van der Waals surface area (Å²) >= 11 is 1.77. The molecule has 0 aliphatic rings. The molecule has 0 amide bonds. The van der Waals surface area contributed by atoms with Crippen LogP contribution in [-0.4, -0.2) is 9.38 Å². The number of imidazole rings is 1. The minimum atomic E-state index is 1.00. The Hall–Kier alpha value is -1.74. The van der Waals surface area contributed by atoms with Crippen LogP contribution in [0.2, 0.25) is 0 Å². The van der Waals surface area contributed by atoms with E-state index in [9.17, 15) is 0 Å². The van der Waals surface area contributed by atoms with Crippen molar-refractivity contribution in [2.75, 3.05) is 0 Å². The predicted molar refractivity (Wildman–Crippen MR) is 75.2 cm³/mol. The molecule has 0 unspecified atom stereocenters. The molecule has 0 radical (unpaired) electrons. The van der Waals surface area contributed by atoms with Crippen molar-refractivity contribution in [3.05, 3.63) is 59.9 Å². The molecule has 0 atom stereocenters. The van der Waals surface area contributed by atoms with Gasteiger partial charge < -0.3 is 0 Å². The molecule has 3 rings (SSSR count). The van der Waals surface area contributed by atoms with Crippen molar-refractivity contribution in [3.8, 4) is 0 Å². The summed E-state index contributed by atoms with van der Waals surface area (Å²) in [4.78, 5) is 5.60. The van der Waals surface area contributed by atoms with Gasteiger partial charge in [-0.15, -0.1) is 0 Å². The molecular weight excluding hydrogens is 240 g/mol. The van der Waals surface area contributed by atoms with Crippen LogP contribution in [0.1, 0.15) is 11.1 Å². The van der Waals surface area contributed by atoms with Gasteiger partial charge in [0.05, 0.1) is 5.03 Å². The first-order valence-corrected chi connectivity index (χ1v) is 6.72. The second kappa shape index (κ2) is 4.50. The van der Waals surface area contributed by atoms with E-state index in [1.54, 1.807) is 11.8 Å². The summed E-state index contributed by atoms with van der Waals surface area (Å²) in [7, 11) is 0. The van der Waals surface area contributed by atoms with Gasteiger partial charge in [-0.25, -0.2) is 4.98 Å². The topological polar surface area (TPSA) is 17.3 Å². The summed E-state index contributed by atoms with van der Waals surface area (Å²) in [5.41, 5.74) is 3.53. The highest BCUT2D eigenvalue weighted by atomic mass is 32.2. The highest BCUT2D eigenvalue weighted by Crippen LogP contribution is 2.29. The Kier molecular flexibility index (Phi) is 2.84. The number of hydrogen-bond acceptors (Lipinski definition) is 2. The van der Waals surface area contributed by atoms with Crippen LogP contribution in [0.4, 0.5) is 0 Å². The Morgan fingerprint density at radius 2 is 1.78 bits per heavy atom. The lowest BCUT2D eigenvalue weighted by Gasteiger charge is -2.07. The lowest BCUT2D eigenvalue weighted by molar-refractivity contribution is 1.01. The van der Waals surface area contributed by atoms with Gasteiger partial charge in [-0.3, -0.25) is 4.40 Å². The van der Waals surface area contributed by atoms with Gasteiger partial charge in [0.1, 0.15) is 5.65 Å². The SMILES string of the molecule is Cc1ccc(Sc2cc(C)cc3nccn23)cc1. The number of nitrogens with zero attached hydrogens (tertiary/aromatic N) is 2.